The summed E-state index contributed by atoms with van der Waals surface area (Å²) < 4.78 is 39.2. The maximum atomic E-state index is 13.1. The number of benzene rings is 1. The second-order valence-electron chi connectivity index (χ2n) is 6.43. The number of nitrogens with zero attached hydrogens (tertiary/aromatic N) is 1. The number of carbonyl (C=O) groups is 2. The number of nitrogens with one attached hydrogen (secondary N) is 1. The highest BCUT2D eigenvalue weighted by Crippen LogP contribution is 2.32. The van der Waals surface area contributed by atoms with Gasteiger partial charge in [0, 0.05) is 24.0 Å². The van der Waals surface area contributed by atoms with Gasteiger partial charge in [0.05, 0.1) is 17.5 Å². The van der Waals surface area contributed by atoms with Gasteiger partial charge in [-0.05, 0) is 36.4 Å². The molecule has 1 saturated heterocycles. The standard InChI is InChI=1S/C19H19F3N2O2S/c20-19(21,22)16-6-2-1-5-15(16)18(26)23-13-7-9-24(10-8-13)17(25)12-14-4-3-11-27-14/h1-6,11,13H,7-10,12H2,(H,23,26). The van der Waals surface area contributed by atoms with Gasteiger partial charge in [-0.1, -0.05) is 18.2 Å². The van der Waals surface area contributed by atoms with Crippen LogP contribution in [0, 0.1) is 0 Å². The summed E-state index contributed by atoms with van der Waals surface area (Å²) in [6.45, 7) is 0.964. The molecule has 1 N–H and O–H groups in total. The first-order valence-corrected chi connectivity index (χ1v) is 9.50. The quantitative estimate of drug-likeness (QED) is 0.856. The minimum atomic E-state index is -4.58. The van der Waals surface area contributed by atoms with Gasteiger partial charge in [0.1, 0.15) is 0 Å². The molecule has 1 aliphatic rings. The van der Waals surface area contributed by atoms with E-state index in [2.05, 4.69) is 5.32 Å². The van der Waals surface area contributed by atoms with E-state index in [0.717, 1.165) is 10.9 Å². The topological polar surface area (TPSA) is 49.4 Å². The molecular formula is C19H19F3N2O2S. The lowest BCUT2D eigenvalue weighted by Gasteiger charge is -2.32. The molecular weight excluding hydrogens is 377 g/mol. The van der Waals surface area contributed by atoms with Crippen LogP contribution in [-0.4, -0.2) is 35.8 Å². The summed E-state index contributed by atoms with van der Waals surface area (Å²) in [5, 5.41) is 4.60. The van der Waals surface area contributed by atoms with Crippen LogP contribution in [0.5, 0.6) is 0 Å². The van der Waals surface area contributed by atoms with Gasteiger partial charge in [-0.3, -0.25) is 9.59 Å². The van der Waals surface area contributed by atoms with Crippen LogP contribution in [-0.2, 0) is 17.4 Å². The van der Waals surface area contributed by atoms with E-state index in [0.29, 0.717) is 32.4 Å². The van der Waals surface area contributed by atoms with Crippen molar-refractivity contribution in [1.29, 1.82) is 0 Å². The summed E-state index contributed by atoms with van der Waals surface area (Å²) in [7, 11) is 0. The van der Waals surface area contributed by atoms with Gasteiger partial charge in [0.25, 0.3) is 5.91 Å². The Balaban J connectivity index is 1.55. The minimum Gasteiger partial charge on any atom is -0.349 e. The number of hydrogen-bond acceptors (Lipinski definition) is 3. The third-order valence-electron chi connectivity index (χ3n) is 4.57. The molecule has 144 valence electrons. The summed E-state index contributed by atoms with van der Waals surface area (Å²) in [4.78, 5) is 27.3. The number of likely N-dealkylation sites (tertiary alicyclic amines) is 1. The molecule has 3 rings (SSSR count). The molecule has 0 aliphatic carbocycles. The summed E-state index contributed by atoms with van der Waals surface area (Å²) in [6.07, 6.45) is -3.18. The van der Waals surface area contributed by atoms with Crippen molar-refractivity contribution in [2.75, 3.05) is 13.1 Å². The van der Waals surface area contributed by atoms with E-state index in [1.807, 2.05) is 17.5 Å². The molecule has 1 fully saturated rings. The number of piperidine rings is 1. The average molecular weight is 396 g/mol. The third-order valence-corrected chi connectivity index (χ3v) is 5.44. The first kappa shape index (κ1) is 19.4. The highest BCUT2D eigenvalue weighted by molar-refractivity contribution is 7.10. The van der Waals surface area contributed by atoms with Gasteiger partial charge in [-0.15, -0.1) is 11.3 Å². The van der Waals surface area contributed by atoms with Crippen molar-refractivity contribution in [3.63, 3.8) is 0 Å². The van der Waals surface area contributed by atoms with E-state index in [1.165, 1.54) is 29.5 Å². The third kappa shape index (κ3) is 4.88. The Bertz CT molecular complexity index is 798. The molecule has 0 spiro atoms. The number of halogens is 3. The zero-order valence-electron chi connectivity index (χ0n) is 14.5. The van der Waals surface area contributed by atoms with Crippen LogP contribution in [0.4, 0.5) is 13.2 Å². The smallest absolute Gasteiger partial charge is 0.349 e. The number of amides is 2. The number of carbonyl (C=O) groups excluding carboxylic acids is 2. The number of thiophene rings is 1. The fourth-order valence-corrected chi connectivity index (χ4v) is 3.83. The highest BCUT2D eigenvalue weighted by atomic mass is 32.1. The maximum absolute atomic E-state index is 13.1. The number of alkyl halides is 3. The molecule has 0 atom stereocenters. The number of hydrogen-bond donors (Lipinski definition) is 1. The average Bonchev–Trinajstić information content (AvgIpc) is 3.14. The largest absolute Gasteiger partial charge is 0.417 e. The van der Waals surface area contributed by atoms with Crippen LogP contribution in [0.1, 0.15) is 33.6 Å². The van der Waals surface area contributed by atoms with Gasteiger partial charge in [0.2, 0.25) is 5.91 Å². The number of rotatable bonds is 4. The van der Waals surface area contributed by atoms with Crippen molar-refractivity contribution in [2.24, 2.45) is 0 Å². The van der Waals surface area contributed by atoms with Gasteiger partial charge in [-0.2, -0.15) is 13.2 Å². The summed E-state index contributed by atoms with van der Waals surface area (Å²) >= 11 is 1.53. The molecule has 4 nitrogen and oxygen atoms in total. The monoisotopic (exact) mass is 396 g/mol. The van der Waals surface area contributed by atoms with E-state index in [4.69, 9.17) is 0 Å². The highest BCUT2D eigenvalue weighted by Gasteiger charge is 2.35. The summed E-state index contributed by atoms with van der Waals surface area (Å²) in [5.74, 6) is -0.698. The van der Waals surface area contributed by atoms with Crippen LogP contribution < -0.4 is 5.32 Å². The van der Waals surface area contributed by atoms with E-state index >= 15 is 0 Å². The zero-order chi connectivity index (χ0) is 19.4. The molecule has 0 unspecified atom stereocenters. The lowest BCUT2D eigenvalue weighted by molar-refractivity contribution is -0.138. The van der Waals surface area contributed by atoms with Crippen LogP contribution in [0.2, 0.25) is 0 Å². The van der Waals surface area contributed by atoms with Crippen LogP contribution in [0.15, 0.2) is 41.8 Å². The van der Waals surface area contributed by atoms with E-state index in [-0.39, 0.29) is 17.5 Å². The normalized spacial score (nSPS) is 15.6. The van der Waals surface area contributed by atoms with Crippen LogP contribution in [0.25, 0.3) is 0 Å². The Hall–Kier alpha value is -2.35. The van der Waals surface area contributed by atoms with Crippen molar-refractivity contribution in [3.05, 3.63) is 57.8 Å². The van der Waals surface area contributed by atoms with Crippen molar-refractivity contribution in [3.8, 4) is 0 Å². The molecule has 0 bridgehead atoms. The Morgan fingerprint density at radius 1 is 1.11 bits per heavy atom. The molecule has 0 radical (unpaired) electrons. The van der Waals surface area contributed by atoms with Crippen molar-refractivity contribution >= 4 is 23.2 Å². The van der Waals surface area contributed by atoms with Gasteiger partial charge >= 0.3 is 6.18 Å². The second-order valence-corrected chi connectivity index (χ2v) is 7.46. The lowest BCUT2D eigenvalue weighted by Crippen LogP contribution is -2.47. The first-order valence-electron chi connectivity index (χ1n) is 8.62. The predicted molar refractivity (Wildman–Crippen MR) is 96.5 cm³/mol. The van der Waals surface area contributed by atoms with E-state index in [9.17, 15) is 22.8 Å². The fraction of sp³-hybridized carbons (Fsp3) is 0.368. The maximum Gasteiger partial charge on any atom is 0.417 e. The molecule has 27 heavy (non-hydrogen) atoms. The van der Waals surface area contributed by atoms with Crippen molar-refractivity contribution in [2.45, 2.75) is 31.5 Å². The Morgan fingerprint density at radius 2 is 1.81 bits per heavy atom. The predicted octanol–water partition coefficient (Wildman–Crippen LogP) is 3.73. The van der Waals surface area contributed by atoms with Crippen LogP contribution in [0.3, 0.4) is 0 Å². The minimum absolute atomic E-state index is 0.0321. The van der Waals surface area contributed by atoms with Gasteiger partial charge in [0.15, 0.2) is 0 Å². The Kier molecular flexibility index (Phi) is 5.84. The molecule has 0 saturated carbocycles. The SMILES string of the molecule is O=C(NC1CCN(C(=O)Cc2cccs2)CC1)c1ccccc1C(F)(F)F. The van der Waals surface area contributed by atoms with E-state index in [1.54, 1.807) is 4.90 Å². The van der Waals surface area contributed by atoms with Crippen LogP contribution >= 0.6 is 11.3 Å². The van der Waals surface area contributed by atoms with E-state index < -0.39 is 17.6 Å². The fourth-order valence-electron chi connectivity index (χ4n) is 3.14. The molecule has 2 aromatic rings. The molecule has 1 aliphatic heterocycles. The van der Waals surface area contributed by atoms with Crippen molar-refractivity contribution in [1.82, 2.24) is 10.2 Å². The van der Waals surface area contributed by atoms with Crippen molar-refractivity contribution < 1.29 is 22.8 Å². The van der Waals surface area contributed by atoms with Gasteiger partial charge < -0.3 is 10.2 Å². The van der Waals surface area contributed by atoms with Gasteiger partial charge in [-0.25, -0.2) is 0 Å². The molecule has 1 aromatic carbocycles. The lowest BCUT2D eigenvalue weighted by atomic mass is 10.0. The zero-order valence-corrected chi connectivity index (χ0v) is 15.3. The molecule has 2 amide bonds. The molecule has 2 heterocycles. The summed E-state index contributed by atoms with van der Waals surface area (Å²) in [6, 6.07) is 8.32. The second kappa shape index (κ2) is 8.12. The Morgan fingerprint density at radius 3 is 2.44 bits per heavy atom. The molecule has 8 heteroatoms. The summed E-state index contributed by atoms with van der Waals surface area (Å²) in [5.41, 5.74) is -1.31. The Labute approximate surface area is 159 Å². The first-order chi connectivity index (χ1) is 12.8. The molecule has 1 aromatic heterocycles.